The molecular formula is C20H17N3O3. The molecule has 0 aliphatic heterocycles. The molecule has 0 aliphatic carbocycles. The van der Waals surface area contributed by atoms with Crippen molar-refractivity contribution in [2.45, 2.75) is 6.92 Å². The van der Waals surface area contributed by atoms with Crippen molar-refractivity contribution in [3.8, 4) is 0 Å². The lowest BCUT2D eigenvalue weighted by Gasteiger charge is -2.06. The van der Waals surface area contributed by atoms with Crippen molar-refractivity contribution >= 4 is 23.2 Å². The number of hydrogen-bond acceptors (Lipinski definition) is 4. The molecular weight excluding hydrogens is 330 g/mol. The van der Waals surface area contributed by atoms with Gasteiger partial charge < -0.3 is 9.73 Å². The fraction of sp³-hybridized carbons (Fsp3) is 0.0500. The highest BCUT2D eigenvalue weighted by atomic mass is 16.3. The SMILES string of the molecule is CC(=NNC(=O)c1ccc(NC(=O)c2ccccc2)cc1)c1ccco1. The van der Waals surface area contributed by atoms with Gasteiger partial charge in [0.25, 0.3) is 11.8 Å². The smallest absolute Gasteiger partial charge is 0.271 e. The third-order valence-corrected chi connectivity index (χ3v) is 3.64. The standard InChI is InChI=1S/C20H17N3O3/c1-14(18-8-5-13-26-18)22-23-20(25)16-9-11-17(12-10-16)21-19(24)15-6-3-2-4-7-15/h2-13H,1H3,(H,21,24)(H,23,25). The molecule has 3 aromatic rings. The van der Waals surface area contributed by atoms with E-state index in [0.717, 1.165) is 0 Å². The van der Waals surface area contributed by atoms with Crippen LogP contribution in [0.5, 0.6) is 0 Å². The molecule has 0 saturated carbocycles. The van der Waals surface area contributed by atoms with Gasteiger partial charge in [-0.2, -0.15) is 5.10 Å². The summed E-state index contributed by atoms with van der Waals surface area (Å²) in [6.45, 7) is 1.74. The molecule has 130 valence electrons. The minimum absolute atomic E-state index is 0.207. The summed E-state index contributed by atoms with van der Waals surface area (Å²) in [5.74, 6) is 0.0302. The Hall–Kier alpha value is -3.67. The van der Waals surface area contributed by atoms with Crippen molar-refractivity contribution in [3.05, 3.63) is 89.9 Å². The highest BCUT2D eigenvalue weighted by molar-refractivity contribution is 6.04. The van der Waals surface area contributed by atoms with Gasteiger partial charge in [0, 0.05) is 16.8 Å². The summed E-state index contributed by atoms with van der Waals surface area (Å²) >= 11 is 0. The zero-order valence-electron chi connectivity index (χ0n) is 14.1. The quantitative estimate of drug-likeness (QED) is 0.545. The average molecular weight is 347 g/mol. The molecule has 1 aromatic heterocycles. The van der Waals surface area contributed by atoms with Crippen molar-refractivity contribution in [3.63, 3.8) is 0 Å². The molecule has 6 heteroatoms. The molecule has 0 saturated heterocycles. The fourth-order valence-electron chi connectivity index (χ4n) is 2.24. The number of carbonyl (C=O) groups is 2. The van der Waals surface area contributed by atoms with Crippen molar-refractivity contribution in [2.24, 2.45) is 5.10 Å². The molecule has 0 bridgehead atoms. The summed E-state index contributed by atoms with van der Waals surface area (Å²) in [5, 5.41) is 6.79. The lowest BCUT2D eigenvalue weighted by atomic mass is 10.1. The number of benzene rings is 2. The predicted octanol–water partition coefficient (Wildman–Crippen LogP) is 3.69. The molecule has 2 aromatic carbocycles. The summed E-state index contributed by atoms with van der Waals surface area (Å²) in [5.41, 5.74) is 4.64. The second-order valence-electron chi connectivity index (χ2n) is 5.51. The molecule has 0 radical (unpaired) electrons. The van der Waals surface area contributed by atoms with E-state index in [1.807, 2.05) is 6.07 Å². The van der Waals surface area contributed by atoms with Crippen LogP contribution in [0.2, 0.25) is 0 Å². The van der Waals surface area contributed by atoms with Crippen LogP contribution in [0.15, 0.2) is 82.5 Å². The summed E-state index contributed by atoms with van der Waals surface area (Å²) in [7, 11) is 0. The van der Waals surface area contributed by atoms with E-state index in [1.54, 1.807) is 73.9 Å². The Morgan fingerprint density at radius 2 is 1.54 bits per heavy atom. The molecule has 26 heavy (non-hydrogen) atoms. The van der Waals surface area contributed by atoms with Crippen LogP contribution in [0, 0.1) is 0 Å². The first-order chi connectivity index (χ1) is 12.6. The van der Waals surface area contributed by atoms with E-state index in [1.165, 1.54) is 0 Å². The Kier molecular flexibility index (Phi) is 5.24. The number of nitrogens with one attached hydrogen (secondary N) is 2. The van der Waals surface area contributed by atoms with Gasteiger partial charge in [-0.25, -0.2) is 5.43 Å². The second kappa shape index (κ2) is 7.94. The van der Waals surface area contributed by atoms with Crippen LogP contribution in [0.4, 0.5) is 5.69 Å². The van der Waals surface area contributed by atoms with Gasteiger partial charge in [-0.05, 0) is 55.5 Å². The highest BCUT2D eigenvalue weighted by Crippen LogP contribution is 2.12. The lowest BCUT2D eigenvalue weighted by Crippen LogP contribution is -2.19. The van der Waals surface area contributed by atoms with Crippen molar-refractivity contribution < 1.29 is 14.0 Å². The van der Waals surface area contributed by atoms with E-state index in [9.17, 15) is 9.59 Å². The maximum atomic E-state index is 12.1. The number of hydrogen-bond donors (Lipinski definition) is 2. The summed E-state index contributed by atoms with van der Waals surface area (Å²) < 4.78 is 5.20. The summed E-state index contributed by atoms with van der Waals surface area (Å²) in [4.78, 5) is 24.2. The Morgan fingerprint density at radius 1 is 0.846 bits per heavy atom. The number of hydrazone groups is 1. The largest absolute Gasteiger partial charge is 0.463 e. The first kappa shape index (κ1) is 17.2. The van der Waals surface area contributed by atoms with Gasteiger partial charge in [0.1, 0.15) is 11.5 Å². The Bertz CT molecular complexity index is 915. The Morgan fingerprint density at radius 3 is 2.19 bits per heavy atom. The molecule has 0 fully saturated rings. The van der Waals surface area contributed by atoms with Crippen molar-refractivity contribution in [2.75, 3.05) is 5.32 Å². The van der Waals surface area contributed by atoms with Crippen LogP contribution in [0.25, 0.3) is 0 Å². The monoisotopic (exact) mass is 347 g/mol. The van der Waals surface area contributed by atoms with E-state index in [2.05, 4.69) is 15.8 Å². The van der Waals surface area contributed by atoms with E-state index >= 15 is 0 Å². The molecule has 2 amide bonds. The number of rotatable bonds is 5. The van der Waals surface area contributed by atoms with Crippen LogP contribution in [-0.4, -0.2) is 17.5 Å². The molecule has 6 nitrogen and oxygen atoms in total. The molecule has 1 heterocycles. The molecule has 0 aliphatic rings. The van der Waals surface area contributed by atoms with Gasteiger partial charge >= 0.3 is 0 Å². The van der Waals surface area contributed by atoms with Crippen LogP contribution >= 0.6 is 0 Å². The van der Waals surface area contributed by atoms with E-state index in [4.69, 9.17) is 4.42 Å². The summed E-state index contributed by atoms with van der Waals surface area (Å²) in [6.07, 6.45) is 1.54. The van der Waals surface area contributed by atoms with Gasteiger partial charge in [-0.1, -0.05) is 18.2 Å². The maximum absolute atomic E-state index is 12.1. The number of anilines is 1. The Balaban J connectivity index is 1.61. The van der Waals surface area contributed by atoms with Crippen molar-refractivity contribution in [1.29, 1.82) is 0 Å². The number of carbonyl (C=O) groups excluding carboxylic acids is 2. The number of furan rings is 1. The average Bonchev–Trinajstić information content (AvgIpc) is 3.22. The first-order valence-corrected chi connectivity index (χ1v) is 7.98. The second-order valence-corrected chi connectivity index (χ2v) is 5.51. The molecule has 2 N–H and O–H groups in total. The van der Waals surface area contributed by atoms with Crippen LogP contribution < -0.4 is 10.7 Å². The maximum Gasteiger partial charge on any atom is 0.271 e. The molecule has 0 spiro atoms. The lowest BCUT2D eigenvalue weighted by molar-refractivity contribution is 0.0954. The van der Waals surface area contributed by atoms with Gasteiger partial charge in [-0.15, -0.1) is 0 Å². The zero-order chi connectivity index (χ0) is 18.4. The van der Waals surface area contributed by atoms with Crippen LogP contribution in [-0.2, 0) is 0 Å². The fourth-order valence-corrected chi connectivity index (χ4v) is 2.24. The minimum Gasteiger partial charge on any atom is -0.463 e. The predicted molar refractivity (Wildman–Crippen MR) is 99.2 cm³/mol. The topological polar surface area (TPSA) is 83.7 Å². The first-order valence-electron chi connectivity index (χ1n) is 7.98. The number of nitrogens with zero attached hydrogens (tertiary/aromatic N) is 1. The summed E-state index contributed by atoms with van der Waals surface area (Å²) in [6, 6.07) is 19.0. The molecule has 3 rings (SSSR count). The van der Waals surface area contributed by atoms with E-state index < -0.39 is 0 Å². The number of amides is 2. The van der Waals surface area contributed by atoms with Gasteiger partial charge in [-0.3, -0.25) is 9.59 Å². The zero-order valence-corrected chi connectivity index (χ0v) is 14.1. The van der Waals surface area contributed by atoms with E-state index in [-0.39, 0.29) is 11.8 Å². The molecule has 0 atom stereocenters. The van der Waals surface area contributed by atoms with Gasteiger partial charge in [0.05, 0.1) is 6.26 Å². The third kappa shape index (κ3) is 4.24. The highest BCUT2D eigenvalue weighted by Gasteiger charge is 2.08. The van der Waals surface area contributed by atoms with Gasteiger partial charge in [0.15, 0.2) is 0 Å². The minimum atomic E-state index is -0.350. The van der Waals surface area contributed by atoms with Gasteiger partial charge in [0.2, 0.25) is 0 Å². The Labute approximate surface area is 150 Å². The van der Waals surface area contributed by atoms with Crippen LogP contribution in [0.3, 0.4) is 0 Å². The molecule has 0 unspecified atom stereocenters. The van der Waals surface area contributed by atoms with Crippen molar-refractivity contribution in [1.82, 2.24) is 5.43 Å². The third-order valence-electron chi connectivity index (χ3n) is 3.64. The van der Waals surface area contributed by atoms with Crippen LogP contribution in [0.1, 0.15) is 33.4 Å². The van der Waals surface area contributed by atoms with E-state index in [0.29, 0.717) is 28.3 Å². The normalized spacial score (nSPS) is 11.0.